The van der Waals surface area contributed by atoms with E-state index in [0.717, 1.165) is 5.56 Å². The molecule has 0 heterocycles. The van der Waals surface area contributed by atoms with Crippen LogP contribution in [0.5, 0.6) is 11.5 Å². The van der Waals surface area contributed by atoms with E-state index in [9.17, 15) is 4.79 Å². The van der Waals surface area contributed by atoms with E-state index < -0.39 is 0 Å². The number of benzene rings is 1. The summed E-state index contributed by atoms with van der Waals surface area (Å²) in [4.78, 5) is 13.6. The lowest BCUT2D eigenvalue weighted by Gasteiger charge is -2.17. The summed E-state index contributed by atoms with van der Waals surface area (Å²) in [6.07, 6.45) is 0. The van der Waals surface area contributed by atoms with E-state index in [1.54, 1.807) is 21.3 Å². The van der Waals surface area contributed by atoms with E-state index in [4.69, 9.17) is 14.2 Å². The summed E-state index contributed by atoms with van der Waals surface area (Å²) in [7, 11) is 6.71. The molecule has 0 saturated carbocycles. The summed E-state index contributed by atoms with van der Waals surface area (Å²) in [5.74, 6) is 1.36. The Labute approximate surface area is 126 Å². The second kappa shape index (κ2) is 9.20. The van der Waals surface area contributed by atoms with Gasteiger partial charge < -0.3 is 19.5 Å². The van der Waals surface area contributed by atoms with Crippen molar-refractivity contribution in [1.82, 2.24) is 10.2 Å². The van der Waals surface area contributed by atoms with Gasteiger partial charge in [0.25, 0.3) is 0 Å². The van der Waals surface area contributed by atoms with Crippen molar-refractivity contribution < 1.29 is 19.0 Å². The summed E-state index contributed by atoms with van der Waals surface area (Å²) >= 11 is 0. The largest absolute Gasteiger partial charge is 0.493 e. The zero-order chi connectivity index (χ0) is 15.7. The summed E-state index contributed by atoms with van der Waals surface area (Å²) < 4.78 is 15.4. The third kappa shape index (κ3) is 6.01. The minimum atomic E-state index is -0.0185. The van der Waals surface area contributed by atoms with Gasteiger partial charge in [0, 0.05) is 20.2 Å². The zero-order valence-electron chi connectivity index (χ0n) is 13.1. The van der Waals surface area contributed by atoms with Crippen molar-refractivity contribution in [1.29, 1.82) is 0 Å². The first-order valence-electron chi connectivity index (χ1n) is 6.75. The number of carbonyl (C=O) groups is 1. The van der Waals surface area contributed by atoms with E-state index in [1.807, 2.05) is 30.1 Å². The molecule has 0 aromatic heterocycles. The summed E-state index contributed by atoms with van der Waals surface area (Å²) in [5, 5.41) is 2.79. The lowest BCUT2D eigenvalue weighted by molar-refractivity contribution is -0.122. The molecule has 6 heteroatoms. The SMILES string of the molecule is COCCNC(=O)CN(C)Cc1ccc(OC)c(OC)c1. The highest BCUT2D eigenvalue weighted by Crippen LogP contribution is 2.27. The van der Waals surface area contributed by atoms with Gasteiger partial charge in [-0.05, 0) is 24.7 Å². The highest BCUT2D eigenvalue weighted by atomic mass is 16.5. The minimum absolute atomic E-state index is 0.0185. The summed E-state index contributed by atoms with van der Waals surface area (Å²) in [5.41, 5.74) is 1.06. The number of hydrogen-bond donors (Lipinski definition) is 1. The number of likely N-dealkylation sites (N-methyl/N-ethyl adjacent to an activating group) is 1. The molecule has 0 saturated heterocycles. The van der Waals surface area contributed by atoms with Crippen LogP contribution in [0.15, 0.2) is 18.2 Å². The van der Waals surface area contributed by atoms with Crippen molar-refractivity contribution in [3.8, 4) is 11.5 Å². The Bertz CT molecular complexity index is 451. The third-order valence-electron chi connectivity index (χ3n) is 2.94. The zero-order valence-corrected chi connectivity index (χ0v) is 13.1. The maximum absolute atomic E-state index is 11.7. The van der Waals surface area contributed by atoms with Crippen molar-refractivity contribution in [2.24, 2.45) is 0 Å². The fourth-order valence-corrected chi connectivity index (χ4v) is 1.94. The molecule has 0 unspecified atom stereocenters. The smallest absolute Gasteiger partial charge is 0.234 e. The Balaban J connectivity index is 2.50. The highest BCUT2D eigenvalue weighted by Gasteiger charge is 2.09. The molecule has 0 fully saturated rings. The molecule has 1 aromatic rings. The lowest BCUT2D eigenvalue weighted by atomic mass is 10.2. The van der Waals surface area contributed by atoms with Crippen LogP contribution in [0.25, 0.3) is 0 Å². The molecule has 1 rings (SSSR count). The molecule has 0 aliphatic carbocycles. The number of methoxy groups -OCH3 is 3. The average molecular weight is 296 g/mol. The van der Waals surface area contributed by atoms with Crippen LogP contribution in [0.2, 0.25) is 0 Å². The molecule has 1 aromatic carbocycles. The molecule has 0 atom stereocenters. The molecule has 0 aliphatic heterocycles. The number of ether oxygens (including phenoxy) is 3. The molecule has 1 amide bonds. The molecule has 0 spiro atoms. The summed E-state index contributed by atoms with van der Waals surface area (Å²) in [6, 6.07) is 5.74. The monoisotopic (exact) mass is 296 g/mol. The average Bonchev–Trinajstić information content (AvgIpc) is 2.47. The van der Waals surface area contributed by atoms with E-state index in [2.05, 4.69) is 5.32 Å². The Kier molecular flexibility index (Phi) is 7.56. The number of rotatable bonds is 9. The van der Waals surface area contributed by atoms with Gasteiger partial charge in [-0.25, -0.2) is 0 Å². The van der Waals surface area contributed by atoms with Gasteiger partial charge in [-0.15, -0.1) is 0 Å². The van der Waals surface area contributed by atoms with Crippen LogP contribution in [0, 0.1) is 0 Å². The van der Waals surface area contributed by atoms with Gasteiger partial charge in [0.2, 0.25) is 5.91 Å². The van der Waals surface area contributed by atoms with Crippen molar-refractivity contribution >= 4 is 5.91 Å². The molecular formula is C15H24N2O4. The van der Waals surface area contributed by atoms with E-state index in [-0.39, 0.29) is 5.91 Å². The Morgan fingerprint density at radius 3 is 2.52 bits per heavy atom. The van der Waals surface area contributed by atoms with Gasteiger partial charge >= 0.3 is 0 Å². The second-order valence-corrected chi connectivity index (χ2v) is 4.70. The topological polar surface area (TPSA) is 60.0 Å². The van der Waals surface area contributed by atoms with Crippen molar-refractivity contribution in [2.45, 2.75) is 6.54 Å². The first kappa shape index (κ1) is 17.3. The predicted molar refractivity (Wildman–Crippen MR) is 80.8 cm³/mol. The van der Waals surface area contributed by atoms with Gasteiger partial charge in [0.1, 0.15) is 0 Å². The number of nitrogens with one attached hydrogen (secondary N) is 1. The van der Waals surface area contributed by atoms with Gasteiger partial charge in [0.05, 0.1) is 27.4 Å². The number of amides is 1. The van der Waals surface area contributed by atoms with Crippen LogP contribution >= 0.6 is 0 Å². The Morgan fingerprint density at radius 1 is 1.19 bits per heavy atom. The molecular weight excluding hydrogens is 272 g/mol. The fraction of sp³-hybridized carbons (Fsp3) is 0.533. The lowest BCUT2D eigenvalue weighted by Crippen LogP contribution is -2.36. The van der Waals surface area contributed by atoms with E-state index >= 15 is 0 Å². The van der Waals surface area contributed by atoms with Gasteiger partial charge in [-0.3, -0.25) is 9.69 Å². The predicted octanol–water partition coefficient (Wildman–Crippen LogP) is 0.898. The molecule has 0 aliphatic rings. The van der Waals surface area contributed by atoms with Crippen molar-refractivity contribution in [3.63, 3.8) is 0 Å². The van der Waals surface area contributed by atoms with Crippen LogP contribution in [-0.4, -0.2) is 58.9 Å². The maximum atomic E-state index is 11.7. The molecule has 0 bridgehead atoms. The standard InChI is InChI=1S/C15H24N2O4/c1-17(11-15(18)16-7-8-19-2)10-12-5-6-13(20-3)14(9-12)21-4/h5-6,9H,7-8,10-11H2,1-4H3,(H,16,18). The first-order valence-corrected chi connectivity index (χ1v) is 6.75. The first-order chi connectivity index (χ1) is 10.1. The maximum Gasteiger partial charge on any atom is 0.234 e. The minimum Gasteiger partial charge on any atom is -0.493 e. The van der Waals surface area contributed by atoms with Gasteiger partial charge in [-0.1, -0.05) is 6.07 Å². The van der Waals surface area contributed by atoms with Crippen LogP contribution in [-0.2, 0) is 16.1 Å². The Hall–Kier alpha value is -1.79. The molecule has 21 heavy (non-hydrogen) atoms. The normalized spacial score (nSPS) is 10.5. The van der Waals surface area contributed by atoms with Crippen molar-refractivity contribution in [2.75, 3.05) is 48.1 Å². The van der Waals surface area contributed by atoms with Crippen LogP contribution in [0.1, 0.15) is 5.56 Å². The van der Waals surface area contributed by atoms with Crippen LogP contribution in [0.4, 0.5) is 0 Å². The summed E-state index contributed by atoms with van der Waals surface area (Å²) in [6.45, 7) is 2.03. The van der Waals surface area contributed by atoms with E-state index in [1.165, 1.54) is 0 Å². The highest BCUT2D eigenvalue weighted by molar-refractivity contribution is 5.77. The van der Waals surface area contributed by atoms with Crippen LogP contribution in [0.3, 0.4) is 0 Å². The molecule has 6 nitrogen and oxygen atoms in total. The third-order valence-corrected chi connectivity index (χ3v) is 2.94. The second-order valence-electron chi connectivity index (χ2n) is 4.70. The quantitative estimate of drug-likeness (QED) is 0.686. The van der Waals surface area contributed by atoms with Gasteiger partial charge in [-0.2, -0.15) is 0 Å². The molecule has 118 valence electrons. The van der Waals surface area contributed by atoms with Crippen molar-refractivity contribution in [3.05, 3.63) is 23.8 Å². The molecule has 0 radical (unpaired) electrons. The van der Waals surface area contributed by atoms with Gasteiger partial charge in [0.15, 0.2) is 11.5 Å². The van der Waals surface area contributed by atoms with E-state index in [0.29, 0.717) is 37.7 Å². The Morgan fingerprint density at radius 2 is 1.90 bits per heavy atom. The fourth-order valence-electron chi connectivity index (χ4n) is 1.94. The molecule has 1 N–H and O–H groups in total. The van der Waals surface area contributed by atoms with Crippen LogP contribution < -0.4 is 14.8 Å². The number of nitrogens with zero attached hydrogens (tertiary/aromatic N) is 1. The number of carbonyl (C=O) groups excluding carboxylic acids is 1. The number of hydrogen-bond acceptors (Lipinski definition) is 5.